The highest BCUT2D eigenvalue weighted by molar-refractivity contribution is 7.97. The van der Waals surface area contributed by atoms with Crippen molar-refractivity contribution >= 4 is 44.3 Å². The van der Waals surface area contributed by atoms with Crippen LogP contribution in [0.25, 0.3) is 32.1 Å². The Morgan fingerprint density at radius 2 is 2.00 bits per heavy atom. The maximum absolute atomic E-state index is 12.3. The Labute approximate surface area is 168 Å². The lowest BCUT2D eigenvalue weighted by molar-refractivity contribution is 0.0892. The van der Waals surface area contributed by atoms with Crippen molar-refractivity contribution in [3.63, 3.8) is 0 Å². The number of thiophene rings is 1. The van der Waals surface area contributed by atoms with Crippen molar-refractivity contribution < 1.29 is 14.9 Å². The van der Waals surface area contributed by atoms with Gasteiger partial charge in [0.2, 0.25) is 0 Å². The molecule has 1 unspecified atom stereocenters. The number of aliphatic hydroxyl groups excluding tert-OH is 2. The zero-order valence-electron chi connectivity index (χ0n) is 14.9. The Morgan fingerprint density at radius 3 is 2.71 bits per heavy atom. The largest absolute Gasteiger partial charge is 0.496 e. The fourth-order valence-electron chi connectivity index (χ4n) is 3.15. The van der Waals surface area contributed by atoms with Crippen molar-refractivity contribution in [2.45, 2.75) is 11.1 Å². The van der Waals surface area contributed by atoms with E-state index < -0.39 is 6.23 Å². The SMILES string of the molecule is COc1ccc2[nH]c(=O)c3sccc3c2c1-c1ccc(SNC(O)CO)cc1. The number of hydrogen-bond donors (Lipinski definition) is 4. The van der Waals surface area contributed by atoms with Crippen LogP contribution >= 0.6 is 23.3 Å². The molecule has 28 heavy (non-hydrogen) atoms. The minimum atomic E-state index is -0.980. The number of nitrogens with one attached hydrogen (secondary N) is 2. The molecule has 0 amide bonds. The molecule has 4 rings (SSSR count). The van der Waals surface area contributed by atoms with Crippen LogP contribution in [0.1, 0.15) is 0 Å². The first kappa shape index (κ1) is 19.0. The van der Waals surface area contributed by atoms with Gasteiger partial charge in [0.05, 0.1) is 13.7 Å². The average molecular weight is 415 g/mol. The monoisotopic (exact) mass is 414 g/mol. The topological polar surface area (TPSA) is 94.6 Å². The van der Waals surface area contributed by atoms with Gasteiger partial charge in [-0.05, 0) is 53.2 Å². The molecule has 8 heteroatoms. The number of aliphatic hydroxyl groups is 2. The Hall–Kier alpha value is -2.36. The van der Waals surface area contributed by atoms with Gasteiger partial charge in [-0.15, -0.1) is 11.3 Å². The number of aromatic amines is 1. The zero-order chi connectivity index (χ0) is 19.7. The van der Waals surface area contributed by atoms with Crippen LogP contribution in [0.3, 0.4) is 0 Å². The van der Waals surface area contributed by atoms with Gasteiger partial charge in [-0.3, -0.25) is 4.79 Å². The summed E-state index contributed by atoms with van der Waals surface area (Å²) >= 11 is 2.66. The van der Waals surface area contributed by atoms with E-state index in [9.17, 15) is 9.90 Å². The van der Waals surface area contributed by atoms with Gasteiger partial charge >= 0.3 is 0 Å². The van der Waals surface area contributed by atoms with Crippen LogP contribution in [0.2, 0.25) is 0 Å². The van der Waals surface area contributed by atoms with Gasteiger partial charge in [-0.1, -0.05) is 12.1 Å². The van der Waals surface area contributed by atoms with Crippen LogP contribution in [0.15, 0.2) is 57.5 Å². The number of fused-ring (bicyclic) bond motifs is 3. The van der Waals surface area contributed by atoms with E-state index in [4.69, 9.17) is 9.84 Å². The van der Waals surface area contributed by atoms with Gasteiger partial charge in [0.25, 0.3) is 5.56 Å². The fraction of sp³-hybridized carbons (Fsp3) is 0.150. The van der Waals surface area contributed by atoms with E-state index in [-0.39, 0.29) is 12.2 Å². The van der Waals surface area contributed by atoms with Gasteiger partial charge in [0, 0.05) is 26.7 Å². The second-order valence-corrected chi connectivity index (χ2v) is 7.95. The number of pyridine rings is 1. The molecule has 2 aromatic carbocycles. The highest BCUT2D eigenvalue weighted by Crippen LogP contribution is 2.40. The Balaban J connectivity index is 1.85. The molecule has 1 atom stereocenters. The Bertz CT molecular complexity index is 1180. The van der Waals surface area contributed by atoms with Crippen molar-refractivity contribution in [2.24, 2.45) is 0 Å². The lowest BCUT2D eigenvalue weighted by Gasteiger charge is -2.14. The summed E-state index contributed by atoms with van der Waals surface area (Å²) in [5.41, 5.74) is 2.54. The van der Waals surface area contributed by atoms with Crippen LogP contribution in [-0.2, 0) is 0 Å². The average Bonchev–Trinajstić information content (AvgIpc) is 3.22. The summed E-state index contributed by atoms with van der Waals surface area (Å²) in [5.74, 6) is 0.723. The maximum Gasteiger partial charge on any atom is 0.266 e. The molecule has 0 aliphatic heterocycles. The second kappa shape index (κ2) is 7.94. The maximum atomic E-state index is 12.3. The summed E-state index contributed by atoms with van der Waals surface area (Å²) in [6, 6.07) is 13.5. The summed E-state index contributed by atoms with van der Waals surface area (Å²) in [7, 11) is 1.63. The minimum absolute atomic E-state index is 0.0890. The first-order valence-electron chi connectivity index (χ1n) is 8.54. The number of hydrogen-bond acceptors (Lipinski definition) is 7. The first-order chi connectivity index (χ1) is 13.6. The van der Waals surface area contributed by atoms with Crippen molar-refractivity contribution in [2.75, 3.05) is 13.7 Å². The molecule has 0 aliphatic rings. The molecule has 2 heterocycles. The molecule has 4 aromatic rings. The molecule has 0 spiro atoms. The van der Waals surface area contributed by atoms with Gasteiger partial charge in [-0.25, -0.2) is 4.72 Å². The lowest BCUT2D eigenvalue weighted by Crippen LogP contribution is -2.25. The molecule has 0 fully saturated rings. The summed E-state index contributed by atoms with van der Waals surface area (Å²) < 4.78 is 9.06. The van der Waals surface area contributed by atoms with Crippen molar-refractivity contribution in [1.82, 2.24) is 9.71 Å². The minimum Gasteiger partial charge on any atom is -0.496 e. The predicted molar refractivity (Wildman–Crippen MR) is 114 cm³/mol. The zero-order valence-corrected chi connectivity index (χ0v) is 16.6. The summed E-state index contributed by atoms with van der Waals surface area (Å²) in [6.45, 7) is -0.354. The Kier molecular flexibility index (Phi) is 5.38. The van der Waals surface area contributed by atoms with E-state index in [1.165, 1.54) is 23.3 Å². The quantitative estimate of drug-likeness (QED) is 0.286. The molecular weight excluding hydrogens is 396 g/mol. The molecule has 0 bridgehead atoms. The van der Waals surface area contributed by atoms with Crippen molar-refractivity contribution in [3.8, 4) is 16.9 Å². The fourth-order valence-corrected chi connectivity index (χ4v) is 4.56. The lowest BCUT2D eigenvalue weighted by atomic mass is 9.97. The molecule has 6 nitrogen and oxygen atoms in total. The summed E-state index contributed by atoms with van der Waals surface area (Å²) in [4.78, 5) is 16.2. The summed E-state index contributed by atoms with van der Waals surface area (Å²) in [6.07, 6.45) is -0.980. The van der Waals surface area contributed by atoms with E-state index in [2.05, 4.69) is 9.71 Å². The third kappa shape index (κ3) is 3.41. The van der Waals surface area contributed by atoms with Gasteiger partial charge < -0.3 is 19.9 Å². The highest BCUT2D eigenvalue weighted by atomic mass is 32.2. The smallest absolute Gasteiger partial charge is 0.266 e. The third-order valence-electron chi connectivity index (χ3n) is 4.40. The van der Waals surface area contributed by atoms with Crippen LogP contribution < -0.4 is 15.0 Å². The van der Waals surface area contributed by atoms with Gasteiger partial charge in [0.1, 0.15) is 16.7 Å². The first-order valence-corrected chi connectivity index (χ1v) is 10.2. The number of aromatic nitrogens is 1. The molecule has 0 saturated heterocycles. The number of methoxy groups -OCH3 is 1. The molecule has 0 saturated carbocycles. The van der Waals surface area contributed by atoms with E-state index in [1.54, 1.807) is 7.11 Å². The van der Waals surface area contributed by atoms with E-state index in [0.29, 0.717) is 4.70 Å². The predicted octanol–water partition coefficient (Wildman–Crippen LogP) is 3.33. The van der Waals surface area contributed by atoms with Crippen LogP contribution in [-0.4, -0.2) is 35.1 Å². The van der Waals surface area contributed by atoms with E-state index in [1.807, 2.05) is 47.8 Å². The van der Waals surface area contributed by atoms with Crippen LogP contribution in [0.4, 0.5) is 0 Å². The molecule has 2 aromatic heterocycles. The second-order valence-electron chi connectivity index (χ2n) is 6.13. The van der Waals surface area contributed by atoms with Crippen LogP contribution in [0.5, 0.6) is 5.75 Å². The number of rotatable bonds is 6. The highest BCUT2D eigenvalue weighted by Gasteiger charge is 2.16. The van der Waals surface area contributed by atoms with Crippen molar-refractivity contribution in [1.29, 1.82) is 0 Å². The summed E-state index contributed by atoms with van der Waals surface area (Å²) in [5, 5.41) is 22.1. The third-order valence-corrected chi connectivity index (χ3v) is 6.22. The molecule has 0 radical (unpaired) electrons. The van der Waals surface area contributed by atoms with Crippen LogP contribution in [0, 0.1) is 0 Å². The van der Waals surface area contributed by atoms with Crippen molar-refractivity contribution in [3.05, 3.63) is 58.2 Å². The Morgan fingerprint density at radius 1 is 1.21 bits per heavy atom. The van der Waals surface area contributed by atoms with E-state index in [0.717, 1.165) is 38.1 Å². The number of ether oxygens (including phenoxy) is 1. The molecule has 0 aliphatic carbocycles. The number of benzene rings is 2. The van der Waals surface area contributed by atoms with E-state index >= 15 is 0 Å². The van der Waals surface area contributed by atoms with Gasteiger partial charge in [0.15, 0.2) is 0 Å². The molecular formula is C20H18N2O4S2. The normalized spacial score (nSPS) is 12.5. The number of H-pyrrole nitrogens is 1. The molecule has 4 N–H and O–H groups in total. The molecule has 144 valence electrons. The standard InChI is InChI=1S/C20H18N2O4S2/c1-26-15-7-6-14-18(13-8-9-27-19(13)20(25)21-14)17(15)11-2-4-12(5-3-11)28-22-16(24)10-23/h2-9,16,22-24H,10H2,1H3,(H,21,25). The van der Waals surface area contributed by atoms with Gasteiger partial charge in [-0.2, -0.15) is 0 Å².